The Bertz CT molecular complexity index is 620. The zero-order chi connectivity index (χ0) is 13.8. The number of benzene rings is 2. The molecule has 4 nitrogen and oxygen atoms in total. The lowest BCUT2D eigenvalue weighted by molar-refractivity contribution is -0.127. The Kier molecular flexibility index (Phi) is 3.80. The molecule has 0 aliphatic rings. The highest BCUT2D eigenvalue weighted by Gasteiger charge is 2.09. The van der Waals surface area contributed by atoms with Crippen molar-refractivity contribution in [3.05, 3.63) is 48.0 Å². The molecular formula is C15H16N2O2. The van der Waals surface area contributed by atoms with Gasteiger partial charge in [-0.2, -0.15) is 0 Å². The first-order chi connectivity index (χ1) is 9.08. The van der Waals surface area contributed by atoms with Crippen molar-refractivity contribution < 1.29 is 9.59 Å². The molecule has 0 saturated carbocycles. The number of hydrogen-bond donors (Lipinski definition) is 1. The van der Waals surface area contributed by atoms with Crippen molar-refractivity contribution in [2.45, 2.75) is 0 Å². The summed E-state index contributed by atoms with van der Waals surface area (Å²) in [6.45, 7) is 0.0126. The van der Waals surface area contributed by atoms with E-state index >= 15 is 0 Å². The van der Waals surface area contributed by atoms with Gasteiger partial charge < -0.3 is 10.2 Å². The lowest BCUT2D eigenvalue weighted by Gasteiger charge is -2.11. The Morgan fingerprint density at radius 3 is 2.42 bits per heavy atom. The van der Waals surface area contributed by atoms with E-state index in [4.69, 9.17) is 0 Å². The van der Waals surface area contributed by atoms with Gasteiger partial charge in [-0.05, 0) is 22.9 Å². The van der Waals surface area contributed by atoms with Crippen molar-refractivity contribution in [2.24, 2.45) is 0 Å². The zero-order valence-electron chi connectivity index (χ0n) is 11.0. The molecule has 4 heteroatoms. The van der Waals surface area contributed by atoms with Gasteiger partial charge in [-0.1, -0.05) is 30.3 Å². The Morgan fingerprint density at radius 2 is 1.74 bits per heavy atom. The summed E-state index contributed by atoms with van der Waals surface area (Å²) >= 11 is 0. The van der Waals surface area contributed by atoms with E-state index in [1.807, 2.05) is 36.4 Å². The maximum atomic E-state index is 11.9. The van der Waals surface area contributed by atoms with Crippen LogP contribution in [0.3, 0.4) is 0 Å². The molecule has 0 aliphatic heterocycles. The van der Waals surface area contributed by atoms with Gasteiger partial charge in [0, 0.05) is 19.7 Å². The highest BCUT2D eigenvalue weighted by atomic mass is 16.2. The number of carbonyl (C=O) groups excluding carboxylic acids is 2. The molecule has 2 rings (SSSR count). The molecule has 0 radical (unpaired) electrons. The lowest BCUT2D eigenvalue weighted by Crippen LogP contribution is -2.36. The van der Waals surface area contributed by atoms with Gasteiger partial charge in [0.15, 0.2) is 0 Å². The Hall–Kier alpha value is -2.36. The van der Waals surface area contributed by atoms with Crippen molar-refractivity contribution in [2.75, 3.05) is 20.6 Å². The SMILES string of the molecule is CN(C)C(=O)CNC(=O)c1ccc2ccccc2c1. The maximum absolute atomic E-state index is 11.9. The van der Waals surface area contributed by atoms with E-state index in [1.165, 1.54) is 4.90 Å². The minimum atomic E-state index is -0.235. The van der Waals surface area contributed by atoms with E-state index in [0.29, 0.717) is 5.56 Å². The molecule has 0 aliphatic carbocycles. The Labute approximate surface area is 112 Å². The second kappa shape index (κ2) is 5.52. The molecule has 0 bridgehead atoms. The van der Waals surface area contributed by atoms with Crippen LogP contribution < -0.4 is 5.32 Å². The molecule has 0 spiro atoms. The summed E-state index contributed by atoms with van der Waals surface area (Å²) in [7, 11) is 3.31. The second-order valence-corrected chi connectivity index (χ2v) is 4.53. The average molecular weight is 256 g/mol. The molecule has 2 aromatic rings. The number of rotatable bonds is 3. The van der Waals surface area contributed by atoms with E-state index in [2.05, 4.69) is 5.32 Å². The number of nitrogens with one attached hydrogen (secondary N) is 1. The van der Waals surface area contributed by atoms with Crippen LogP contribution in [-0.2, 0) is 4.79 Å². The van der Waals surface area contributed by atoms with E-state index in [0.717, 1.165) is 10.8 Å². The molecule has 0 atom stereocenters. The Morgan fingerprint density at radius 1 is 1.05 bits per heavy atom. The third-order valence-corrected chi connectivity index (χ3v) is 2.91. The molecule has 0 saturated heterocycles. The van der Waals surface area contributed by atoms with E-state index < -0.39 is 0 Å². The Balaban J connectivity index is 2.11. The van der Waals surface area contributed by atoms with Crippen LogP contribution in [0.25, 0.3) is 10.8 Å². The normalized spacial score (nSPS) is 10.2. The fraction of sp³-hybridized carbons (Fsp3) is 0.200. The molecule has 1 N–H and O–H groups in total. The van der Waals surface area contributed by atoms with Crippen LogP contribution in [0.5, 0.6) is 0 Å². The standard InChI is InChI=1S/C15H16N2O2/c1-17(2)14(18)10-16-15(19)13-8-7-11-5-3-4-6-12(11)9-13/h3-9H,10H2,1-2H3,(H,16,19). The maximum Gasteiger partial charge on any atom is 0.251 e. The quantitative estimate of drug-likeness (QED) is 0.908. The smallest absolute Gasteiger partial charge is 0.251 e. The van der Waals surface area contributed by atoms with Gasteiger partial charge in [-0.15, -0.1) is 0 Å². The molecule has 98 valence electrons. The first-order valence-corrected chi connectivity index (χ1v) is 6.05. The van der Waals surface area contributed by atoms with Crippen molar-refractivity contribution >= 4 is 22.6 Å². The predicted octanol–water partition coefficient (Wildman–Crippen LogP) is 1.66. The third kappa shape index (κ3) is 3.10. The zero-order valence-corrected chi connectivity index (χ0v) is 11.0. The minimum absolute atomic E-state index is 0.0126. The monoisotopic (exact) mass is 256 g/mol. The predicted molar refractivity (Wildman–Crippen MR) is 75.0 cm³/mol. The van der Waals surface area contributed by atoms with Crippen molar-refractivity contribution in [1.82, 2.24) is 10.2 Å². The second-order valence-electron chi connectivity index (χ2n) is 4.53. The molecule has 0 heterocycles. The van der Waals surface area contributed by atoms with Crippen molar-refractivity contribution in [3.63, 3.8) is 0 Å². The van der Waals surface area contributed by atoms with Crippen molar-refractivity contribution in [1.29, 1.82) is 0 Å². The van der Waals surface area contributed by atoms with Crippen LogP contribution in [0.1, 0.15) is 10.4 Å². The van der Waals surface area contributed by atoms with Gasteiger partial charge in [0.25, 0.3) is 5.91 Å². The summed E-state index contributed by atoms with van der Waals surface area (Å²) < 4.78 is 0. The van der Waals surface area contributed by atoms with Crippen LogP contribution in [0.2, 0.25) is 0 Å². The fourth-order valence-corrected chi connectivity index (χ4v) is 1.75. The average Bonchev–Trinajstić information content (AvgIpc) is 2.43. The summed E-state index contributed by atoms with van der Waals surface area (Å²) in [4.78, 5) is 24.8. The lowest BCUT2D eigenvalue weighted by atomic mass is 10.1. The van der Waals surface area contributed by atoms with Gasteiger partial charge >= 0.3 is 0 Å². The summed E-state index contributed by atoms with van der Waals surface area (Å²) in [5, 5.41) is 4.71. The number of carbonyl (C=O) groups is 2. The molecule has 0 unspecified atom stereocenters. The number of nitrogens with zero attached hydrogens (tertiary/aromatic N) is 1. The topological polar surface area (TPSA) is 49.4 Å². The molecular weight excluding hydrogens is 240 g/mol. The van der Waals surface area contributed by atoms with Crippen LogP contribution >= 0.6 is 0 Å². The number of fused-ring (bicyclic) bond motifs is 1. The van der Waals surface area contributed by atoms with Crippen LogP contribution in [-0.4, -0.2) is 37.4 Å². The van der Waals surface area contributed by atoms with Gasteiger partial charge in [0.2, 0.25) is 5.91 Å². The summed E-state index contributed by atoms with van der Waals surface area (Å²) in [6, 6.07) is 13.3. The summed E-state index contributed by atoms with van der Waals surface area (Å²) in [5.41, 5.74) is 0.560. The van der Waals surface area contributed by atoms with Gasteiger partial charge in [-0.25, -0.2) is 0 Å². The van der Waals surface area contributed by atoms with Crippen LogP contribution in [0.4, 0.5) is 0 Å². The largest absolute Gasteiger partial charge is 0.347 e. The minimum Gasteiger partial charge on any atom is -0.347 e. The molecule has 0 aromatic heterocycles. The summed E-state index contributed by atoms with van der Waals surface area (Å²) in [6.07, 6.45) is 0. The van der Waals surface area contributed by atoms with Gasteiger partial charge in [-0.3, -0.25) is 9.59 Å². The third-order valence-electron chi connectivity index (χ3n) is 2.91. The number of hydrogen-bond acceptors (Lipinski definition) is 2. The molecule has 0 fully saturated rings. The molecule has 2 amide bonds. The van der Waals surface area contributed by atoms with Gasteiger partial charge in [0.05, 0.1) is 6.54 Å². The van der Waals surface area contributed by atoms with E-state index in [9.17, 15) is 9.59 Å². The van der Waals surface area contributed by atoms with E-state index in [-0.39, 0.29) is 18.4 Å². The number of likely N-dealkylation sites (N-methyl/N-ethyl adjacent to an activating group) is 1. The van der Waals surface area contributed by atoms with E-state index in [1.54, 1.807) is 20.2 Å². The highest BCUT2D eigenvalue weighted by Crippen LogP contribution is 2.15. The first kappa shape index (κ1) is 13.1. The van der Waals surface area contributed by atoms with Crippen molar-refractivity contribution in [3.8, 4) is 0 Å². The molecule has 2 aromatic carbocycles. The summed E-state index contributed by atoms with van der Waals surface area (Å²) in [5.74, 6) is -0.366. The number of amides is 2. The van der Waals surface area contributed by atoms with Crippen LogP contribution in [0, 0.1) is 0 Å². The van der Waals surface area contributed by atoms with Gasteiger partial charge in [0.1, 0.15) is 0 Å². The van der Waals surface area contributed by atoms with Crippen LogP contribution in [0.15, 0.2) is 42.5 Å². The highest BCUT2D eigenvalue weighted by molar-refractivity contribution is 5.99. The molecule has 19 heavy (non-hydrogen) atoms. The first-order valence-electron chi connectivity index (χ1n) is 6.05. The fourth-order valence-electron chi connectivity index (χ4n) is 1.75.